The fourth-order valence-corrected chi connectivity index (χ4v) is 5.41. The molecule has 6 atom stereocenters. The molecule has 0 aromatic heterocycles. The van der Waals surface area contributed by atoms with Crippen molar-refractivity contribution in [3.8, 4) is 0 Å². The van der Waals surface area contributed by atoms with Crippen LogP contribution in [0.15, 0.2) is 24.3 Å². The summed E-state index contributed by atoms with van der Waals surface area (Å²) in [5, 5.41) is 58.6. The molecule has 0 saturated heterocycles. The van der Waals surface area contributed by atoms with Crippen molar-refractivity contribution in [3.63, 3.8) is 0 Å². The molecule has 13 heteroatoms. The van der Waals surface area contributed by atoms with Crippen molar-refractivity contribution in [1.29, 1.82) is 0 Å². The molecule has 1 aliphatic carbocycles. The summed E-state index contributed by atoms with van der Waals surface area (Å²) in [6, 6.07) is 0. The van der Waals surface area contributed by atoms with Crippen molar-refractivity contribution in [3.05, 3.63) is 24.3 Å². The van der Waals surface area contributed by atoms with Gasteiger partial charge >= 0.3 is 13.8 Å². The third-order valence-corrected chi connectivity index (χ3v) is 8.01. The topological polar surface area (TPSA) is 203 Å². The van der Waals surface area contributed by atoms with Crippen LogP contribution in [0.4, 0.5) is 0 Å². The SMILES string of the molecule is CCCCC/C=C\C/C=C\CCCCCCCCCC(=O)OCC(O)COP(=O)(O)OC1C(O)C(O)C(O)C(O)C1O. The number of aliphatic hydroxyl groups is 6. The van der Waals surface area contributed by atoms with E-state index in [-0.39, 0.29) is 6.42 Å². The Morgan fingerprint density at radius 2 is 1.24 bits per heavy atom. The molecule has 0 aromatic carbocycles. The number of aliphatic hydroxyl groups excluding tert-OH is 6. The van der Waals surface area contributed by atoms with Crippen molar-refractivity contribution >= 4 is 13.8 Å². The summed E-state index contributed by atoms with van der Waals surface area (Å²) >= 11 is 0. The molecular weight excluding hydrogens is 571 g/mol. The van der Waals surface area contributed by atoms with E-state index in [2.05, 4.69) is 40.3 Å². The van der Waals surface area contributed by atoms with Gasteiger partial charge in [-0.2, -0.15) is 0 Å². The molecule has 1 fully saturated rings. The molecule has 246 valence electrons. The first-order chi connectivity index (χ1) is 20.0. The molecule has 12 nitrogen and oxygen atoms in total. The van der Waals surface area contributed by atoms with Gasteiger partial charge in [0.15, 0.2) is 0 Å². The molecule has 42 heavy (non-hydrogen) atoms. The van der Waals surface area contributed by atoms with E-state index in [1.54, 1.807) is 0 Å². The predicted molar refractivity (Wildman–Crippen MR) is 156 cm³/mol. The Hall–Kier alpha value is -1.18. The summed E-state index contributed by atoms with van der Waals surface area (Å²) in [4.78, 5) is 21.7. The highest BCUT2D eigenvalue weighted by atomic mass is 31.2. The number of hydrogen-bond donors (Lipinski definition) is 7. The molecule has 1 rings (SSSR count). The Labute approximate surface area is 249 Å². The van der Waals surface area contributed by atoms with Crippen LogP contribution >= 0.6 is 7.82 Å². The zero-order valence-corrected chi connectivity index (χ0v) is 25.7. The van der Waals surface area contributed by atoms with Crippen LogP contribution in [0.1, 0.15) is 96.8 Å². The summed E-state index contributed by atoms with van der Waals surface area (Å²) < 4.78 is 26.3. The third-order valence-electron chi connectivity index (χ3n) is 7.03. The standard InChI is InChI=1S/C29H53O12P/c1-2-3-4-5-6-7-8-9-10-11-12-13-14-15-16-17-18-19-23(31)39-20-22(30)21-40-42(37,38)41-29-27(35)25(33)24(32)26(34)28(29)36/h6-7,9-10,22,24-30,32-36H,2-5,8,11-21H2,1H3,(H,37,38)/b7-6-,10-9-. The molecule has 0 amide bonds. The molecular formula is C29H53O12P. The van der Waals surface area contributed by atoms with Crippen molar-refractivity contribution < 1.29 is 58.7 Å². The van der Waals surface area contributed by atoms with Gasteiger partial charge in [0.2, 0.25) is 0 Å². The Bertz CT molecular complexity index is 806. The average molecular weight is 625 g/mol. The van der Waals surface area contributed by atoms with Crippen LogP contribution in [0.3, 0.4) is 0 Å². The fourth-order valence-electron chi connectivity index (χ4n) is 4.43. The summed E-state index contributed by atoms with van der Waals surface area (Å²) in [6.07, 6.45) is 10.2. The number of allylic oxidation sites excluding steroid dienone is 4. The van der Waals surface area contributed by atoms with E-state index >= 15 is 0 Å². The van der Waals surface area contributed by atoms with Crippen LogP contribution in [0.2, 0.25) is 0 Å². The maximum Gasteiger partial charge on any atom is 0.472 e. The lowest BCUT2D eigenvalue weighted by Gasteiger charge is -2.41. The second kappa shape index (κ2) is 22.3. The zero-order valence-electron chi connectivity index (χ0n) is 24.8. The predicted octanol–water partition coefficient (Wildman–Crippen LogP) is 2.80. The zero-order chi connectivity index (χ0) is 31.4. The van der Waals surface area contributed by atoms with E-state index in [0.29, 0.717) is 6.42 Å². The first-order valence-electron chi connectivity index (χ1n) is 15.2. The van der Waals surface area contributed by atoms with Crippen molar-refractivity contribution in [2.24, 2.45) is 0 Å². The van der Waals surface area contributed by atoms with E-state index in [4.69, 9.17) is 4.74 Å². The quantitative estimate of drug-likeness (QED) is 0.0380. The smallest absolute Gasteiger partial charge is 0.463 e. The van der Waals surface area contributed by atoms with Crippen LogP contribution < -0.4 is 0 Å². The molecule has 1 aliphatic rings. The molecule has 0 spiro atoms. The number of carbonyl (C=O) groups excluding carboxylic acids is 1. The highest BCUT2D eigenvalue weighted by Crippen LogP contribution is 2.47. The average Bonchev–Trinajstić information content (AvgIpc) is 2.96. The van der Waals surface area contributed by atoms with Crippen LogP contribution in [-0.4, -0.2) is 97.4 Å². The largest absolute Gasteiger partial charge is 0.472 e. The molecule has 0 radical (unpaired) electrons. The number of carbonyl (C=O) groups is 1. The summed E-state index contributed by atoms with van der Waals surface area (Å²) in [5.41, 5.74) is 0. The van der Waals surface area contributed by atoms with E-state index in [1.807, 2.05) is 0 Å². The van der Waals surface area contributed by atoms with Crippen LogP contribution in [0.25, 0.3) is 0 Å². The van der Waals surface area contributed by atoms with Crippen molar-refractivity contribution in [2.75, 3.05) is 13.2 Å². The minimum Gasteiger partial charge on any atom is -0.463 e. The highest BCUT2D eigenvalue weighted by Gasteiger charge is 2.51. The van der Waals surface area contributed by atoms with Gasteiger partial charge in [0.25, 0.3) is 0 Å². The number of ether oxygens (including phenoxy) is 1. The summed E-state index contributed by atoms with van der Waals surface area (Å²) in [6.45, 7) is 0.949. The van der Waals surface area contributed by atoms with Gasteiger partial charge in [-0.3, -0.25) is 13.8 Å². The summed E-state index contributed by atoms with van der Waals surface area (Å²) in [7, 11) is -4.99. The van der Waals surface area contributed by atoms with Crippen LogP contribution in [0, 0.1) is 0 Å². The van der Waals surface area contributed by atoms with E-state index in [1.165, 1.54) is 38.5 Å². The first-order valence-corrected chi connectivity index (χ1v) is 16.7. The molecule has 0 heterocycles. The van der Waals surface area contributed by atoms with E-state index < -0.39 is 69.7 Å². The molecule has 0 aliphatic heterocycles. The second-order valence-corrected chi connectivity index (χ2v) is 12.2. The van der Waals surface area contributed by atoms with Gasteiger partial charge < -0.3 is 40.3 Å². The van der Waals surface area contributed by atoms with Gasteiger partial charge in [-0.25, -0.2) is 4.57 Å². The maximum atomic E-state index is 12.1. The monoisotopic (exact) mass is 624 g/mol. The Balaban J connectivity index is 2.06. The van der Waals surface area contributed by atoms with E-state index in [9.17, 15) is 44.9 Å². The van der Waals surface area contributed by atoms with Gasteiger partial charge in [-0.1, -0.05) is 76.2 Å². The number of phosphoric ester groups is 1. The van der Waals surface area contributed by atoms with Crippen molar-refractivity contribution in [1.82, 2.24) is 0 Å². The number of esters is 1. The van der Waals surface area contributed by atoms with Gasteiger partial charge in [-0.05, 0) is 38.5 Å². The Morgan fingerprint density at radius 3 is 1.81 bits per heavy atom. The Morgan fingerprint density at radius 1 is 0.738 bits per heavy atom. The maximum absolute atomic E-state index is 12.1. The minimum atomic E-state index is -4.99. The minimum absolute atomic E-state index is 0.182. The van der Waals surface area contributed by atoms with Crippen LogP contribution in [0.5, 0.6) is 0 Å². The number of hydrogen-bond acceptors (Lipinski definition) is 11. The lowest BCUT2D eigenvalue weighted by atomic mass is 9.85. The second-order valence-electron chi connectivity index (χ2n) is 10.8. The lowest BCUT2D eigenvalue weighted by Crippen LogP contribution is -2.64. The van der Waals surface area contributed by atoms with Gasteiger partial charge in [-0.15, -0.1) is 0 Å². The number of unbranched alkanes of at least 4 members (excludes halogenated alkanes) is 10. The molecule has 0 aromatic rings. The van der Waals surface area contributed by atoms with Crippen molar-refractivity contribution in [2.45, 2.75) is 140 Å². The van der Waals surface area contributed by atoms with Gasteiger partial charge in [0.05, 0.1) is 6.61 Å². The van der Waals surface area contributed by atoms with Crippen LogP contribution in [-0.2, 0) is 23.1 Å². The molecule has 1 saturated carbocycles. The third kappa shape index (κ3) is 16.6. The Kier molecular flexibility index (Phi) is 20.7. The molecule has 0 bridgehead atoms. The highest BCUT2D eigenvalue weighted by molar-refractivity contribution is 7.47. The first kappa shape index (κ1) is 38.8. The summed E-state index contributed by atoms with van der Waals surface area (Å²) in [5.74, 6) is -0.518. The fraction of sp³-hybridized carbons (Fsp3) is 0.828. The molecule has 7 N–H and O–H groups in total. The number of phosphoric acid groups is 1. The molecule has 6 unspecified atom stereocenters. The normalized spacial score (nSPS) is 27.0. The van der Waals surface area contributed by atoms with E-state index in [0.717, 1.165) is 38.5 Å². The lowest BCUT2D eigenvalue weighted by molar-refractivity contribution is -0.220. The number of rotatable bonds is 23. The van der Waals surface area contributed by atoms with Gasteiger partial charge in [0, 0.05) is 6.42 Å². The van der Waals surface area contributed by atoms with Gasteiger partial charge in [0.1, 0.15) is 49.3 Å².